The third-order valence-corrected chi connectivity index (χ3v) is 5.35. The summed E-state index contributed by atoms with van der Waals surface area (Å²) in [5.41, 5.74) is 3.66. The molecule has 3 aromatic rings. The largest absolute Gasteiger partial charge is 0.355 e. The summed E-state index contributed by atoms with van der Waals surface area (Å²) in [5, 5.41) is 0. The van der Waals surface area contributed by atoms with Crippen molar-refractivity contribution < 1.29 is 4.79 Å². The quantitative estimate of drug-likeness (QED) is 0.652. The Labute approximate surface area is 172 Å². The van der Waals surface area contributed by atoms with Crippen molar-refractivity contribution in [1.29, 1.82) is 0 Å². The van der Waals surface area contributed by atoms with Crippen LogP contribution in [0.25, 0.3) is 11.3 Å². The van der Waals surface area contributed by atoms with E-state index in [2.05, 4.69) is 14.9 Å². The summed E-state index contributed by atoms with van der Waals surface area (Å²) >= 11 is 0. The smallest absolute Gasteiger partial charge is 0.253 e. The van der Waals surface area contributed by atoms with E-state index in [-0.39, 0.29) is 5.91 Å². The van der Waals surface area contributed by atoms with E-state index in [1.54, 1.807) is 17.3 Å². The lowest BCUT2D eigenvalue weighted by Gasteiger charge is -2.28. The number of anilines is 1. The molecule has 0 radical (unpaired) electrons. The second kappa shape index (κ2) is 8.86. The van der Waals surface area contributed by atoms with Gasteiger partial charge in [-0.25, -0.2) is 4.98 Å². The Morgan fingerprint density at radius 2 is 1.62 bits per heavy atom. The molecule has 29 heavy (non-hydrogen) atoms. The van der Waals surface area contributed by atoms with Crippen LogP contribution in [0.15, 0.2) is 67.0 Å². The summed E-state index contributed by atoms with van der Waals surface area (Å²) in [7, 11) is 1.83. The molecule has 0 bridgehead atoms. The summed E-state index contributed by atoms with van der Waals surface area (Å²) in [6.07, 6.45) is 7.15. The molecular weight excluding hydrogens is 360 g/mol. The van der Waals surface area contributed by atoms with Gasteiger partial charge in [0, 0.05) is 50.2 Å². The van der Waals surface area contributed by atoms with Crippen LogP contribution in [0.3, 0.4) is 0 Å². The Morgan fingerprint density at radius 1 is 0.931 bits per heavy atom. The summed E-state index contributed by atoms with van der Waals surface area (Å²) in [6, 6.07) is 17.7. The van der Waals surface area contributed by atoms with Gasteiger partial charge in [0.1, 0.15) is 5.69 Å². The molecule has 1 amide bonds. The summed E-state index contributed by atoms with van der Waals surface area (Å²) < 4.78 is 0. The molecule has 1 aliphatic rings. The first-order valence-corrected chi connectivity index (χ1v) is 10.2. The van der Waals surface area contributed by atoms with Crippen LogP contribution in [0.5, 0.6) is 0 Å². The van der Waals surface area contributed by atoms with Gasteiger partial charge in [0.25, 0.3) is 5.91 Å². The minimum atomic E-state index is 0.0100. The Kier molecular flexibility index (Phi) is 5.84. The SMILES string of the molecule is CN(Cc1ccccc1)C(=O)c1ccc(-c2nccnc2N2CCCCC2)cc1. The van der Waals surface area contributed by atoms with Gasteiger partial charge in [-0.15, -0.1) is 0 Å². The number of carbonyl (C=O) groups excluding carboxylic acids is 1. The molecule has 1 saturated heterocycles. The van der Waals surface area contributed by atoms with Gasteiger partial charge in [0.05, 0.1) is 0 Å². The number of benzene rings is 2. The molecule has 0 aliphatic carbocycles. The van der Waals surface area contributed by atoms with Gasteiger partial charge >= 0.3 is 0 Å². The molecule has 148 valence electrons. The molecule has 0 unspecified atom stereocenters. The van der Waals surface area contributed by atoms with Gasteiger partial charge in [-0.2, -0.15) is 0 Å². The lowest BCUT2D eigenvalue weighted by Crippen LogP contribution is -2.30. The Balaban J connectivity index is 1.52. The fraction of sp³-hybridized carbons (Fsp3) is 0.292. The van der Waals surface area contributed by atoms with Gasteiger partial charge in [-0.3, -0.25) is 9.78 Å². The average molecular weight is 386 g/mol. The van der Waals surface area contributed by atoms with Gasteiger partial charge in [-0.05, 0) is 37.0 Å². The number of amides is 1. The van der Waals surface area contributed by atoms with Gasteiger partial charge in [0.15, 0.2) is 5.82 Å². The zero-order chi connectivity index (χ0) is 20.1. The minimum absolute atomic E-state index is 0.0100. The first-order valence-electron chi connectivity index (χ1n) is 10.2. The maximum atomic E-state index is 12.8. The molecule has 0 saturated carbocycles. The van der Waals surface area contributed by atoms with Crippen LogP contribution in [-0.2, 0) is 6.54 Å². The maximum absolute atomic E-state index is 12.8. The molecule has 1 aliphatic heterocycles. The van der Waals surface area contributed by atoms with E-state index >= 15 is 0 Å². The van der Waals surface area contributed by atoms with Crippen molar-refractivity contribution in [3.05, 3.63) is 78.1 Å². The van der Waals surface area contributed by atoms with Crippen LogP contribution >= 0.6 is 0 Å². The zero-order valence-electron chi connectivity index (χ0n) is 16.8. The van der Waals surface area contributed by atoms with Crippen molar-refractivity contribution in [3.8, 4) is 11.3 Å². The van der Waals surface area contributed by atoms with Crippen molar-refractivity contribution in [3.63, 3.8) is 0 Å². The minimum Gasteiger partial charge on any atom is -0.355 e. The molecule has 0 N–H and O–H groups in total. The van der Waals surface area contributed by atoms with E-state index in [0.29, 0.717) is 12.1 Å². The molecule has 5 heteroatoms. The Bertz CT molecular complexity index is 950. The molecule has 4 rings (SSSR count). The number of rotatable bonds is 5. The average Bonchev–Trinajstić information content (AvgIpc) is 2.80. The van der Waals surface area contributed by atoms with E-state index < -0.39 is 0 Å². The highest BCUT2D eigenvalue weighted by molar-refractivity contribution is 5.94. The lowest BCUT2D eigenvalue weighted by atomic mass is 10.1. The van der Waals surface area contributed by atoms with Crippen LogP contribution < -0.4 is 4.90 Å². The lowest BCUT2D eigenvalue weighted by molar-refractivity contribution is 0.0785. The monoisotopic (exact) mass is 386 g/mol. The highest BCUT2D eigenvalue weighted by Crippen LogP contribution is 2.29. The van der Waals surface area contributed by atoms with Gasteiger partial charge in [-0.1, -0.05) is 42.5 Å². The predicted octanol–water partition coefficient (Wildman–Crippen LogP) is 4.41. The number of hydrogen-bond donors (Lipinski definition) is 0. The third-order valence-electron chi connectivity index (χ3n) is 5.35. The Hall–Kier alpha value is -3.21. The van der Waals surface area contributed by atoms with Crippen LogP contribution in [0.4, 0.5) is 5.82 Å². The fourth-order valence-corrected chi connectivity index (χ4v) is 3.79. The van der Waals surface area contributed by atoms with Crippen molar-refractivity contribution >= 4 is 11.7 Å². The molecule has 2 aromatic carbocycles. The zero-order valence-corrected chi connectivity index (χ0v) is 16.8. The molecule has 0 atom stereocenters. The second-order valence-corrected chi connectivity index (χ2v) is 7.50. The molecule has 0 spiro atoms. The molecule has 5 nitrogen and oxygen atoms in total. The predicted molar refractivity (Wildman–Crippen MR) is 116 cm³/mol. The van der Waals surface area contributed by atoms with Gasteiger partial charge in [0.2, 0.25) is 0 Å². The fourth-order valence-electron chi connectivity index (χ4n) is 3.79. The standard InChI is InChI=1S/C24H26N4O/c1-27(18-19-8-4-2-5-9-19)24(29)21-12-10-20(11-13-21)22-23(26-15-14-25-22)28-16-6-3-7-17-28/h2,4-5,8-15H,3,6-7,16-18H2,1H3. The molecule has 1 fully saturated rings. The first-order chi connectivity index (χ1) is 14.2. The number of aromatic nitrogens is 2. The van der Waals surface area contributed by atoms with Crippen LogP contribution in [0, 0.1) is 0 Å². The van der Waals surface area contributed by atoms with Gasteiger partial charge < -0.3 is 9.80 Å². The topological polar surface area (TPSA) is 49.3 Å². The summed E-state index contributed by atoms with van der Waals surface area (Å²) in [5.74, 6) is 0.947. The summed E-state index contributed by atoms with van der Waals surface area (Å²) in [4.78, 5) is 26.1. The third kappa shape index (κ3) is 4.45. The van der Waals surface area contributed by atoms with Crippen molar-refractivity contribution in [2.75, 3.05) is 25.0 Å². The summed E-state index contributed by atoms with van der Waals surface area (Å²) in [6.45, 7) is 2.63. The van der Waals surface area contributed by atoms with E-state index in [4.69, 9.17) is 0 Å². The van der Waals surface area contributed by atoms with E-state index in [0.717, 1.165) is 35.7 Å². The highest BCUT2D eigenvalue weighted by atomic mass is 16.2. The second-order valence-electron chi connectivity index (χ2n) is 7.50. The van der Waals surface area contributed by atoms with Crippen LogP contribution in [0.2, 0.25) is 0 Å². The van der Waals surface area contributed by atoms with Crippen molar-refractivity contribution in [1.82, 2.24) is 14.9 Å². The first kappa shape index (κ1) is 19.1. The van der Waals surface area contributed by atoms with Crippen LogP contribution in [0.1, 0.15) is 35.2 Å². The maximum Gasteiger partial charge on any atom is 0.253 e. The number of carbonyl (C=O) groups is 1. The van der Waals surface area contributed by atoms with Crippen LogP contribution in [-0.4, -0.2) is 40.9 Å². The normalized spacial score (nSPS) is 13.9. The van der Waals surface area contributed by atoms with E-state index in [1.165, 1.54) is 19.3 Å². The van der Waals surface area contributed by atoms with Crippen molar-refractivity contribution in [2.45, 2.75) is 25.8 Å². The highest BCUT2D eigenvalue weighted by Gasteiger charge is 2.18. The van der Waals surface area contributed by atoms with E-state index in [9.17, 15) is 4.79 Å². The number of piperidine rings is 1. The molecule has 2 heterocycles. The molecular formula is C24H26N4O. The number of nitrogens with zero attached hydrogens (tertiary/aromatic N) is 4. The Morgan fingerprint density at radius 3 is 2.34 bits per heavy atom. The van der Waals surface area contributed by atoms with Crippen molar-refractivity contribution in [2.24, 2.45) is 0 Å². The molecule has 1 aromatic heterocycles. The van der Waals surface area contributed by atoms with E-state index in [1.807, 2.05) is 61.6 Å². The number of hydrogen-bond acceptors (Lipinski definition) is 4.